The predicted octanol–water partition coefficient (Wildman–Crippen LogP) is 2.22. The third-order valence-corrected chi connectivity index (χ3v) is 3.38. The van der Waals surface area contributed by atoms with E-state index in [0.29, 0.717) is 6.42 Å². The Labute approximate surface area is 115 Å². The van der Waals surface area contributed by atoms with Crippen LogP contribution >= 0.6 is 0 Å². The summed E-state index contributed by atoms with van der Waals surface area (Å²) >= 11 is 0. The number of carbonyl (C=O) groups is 1. The van der Waals surface area contributed by atoms with Gasteiger partial charge in [0.15, 0.2) is 0 Å². The molecular weight excluding hydrogens is 238 g/mol. The molecule has 1 aliphatic heterocycles. The van der Waals surface area contributed by atoms with Gasteiger partial charge >= 0.3 is 0 Å². The lowest BCUT2D eigenvalue weighted by Gasteiger charge is -2.18. The molecule has 0 saturated carbocycles. The van der Waals surface area contributed by atoms with Gasteiger partial charge in [0.25, 0.3) is 0 Å². The fourth-order valence-electron chi connectivity index (χ4n) is 2.36. The summed E-state index contributed by atoms with van der Waals surface area (Å²) in [5.41, 5.74) is 2.10. The quantitative estimate of drug-likeness (QED) is 0.772. The molecular formula is C15H23N3O. The van der Waals surface area contributed by atoms with E-state index in [0.717, 1.165) is 31.9 Å². The highest BCUT2D eigenvalue weighted by Gasteiger charge is 2.12. The number of nitrogens with zero attached hydrogens (tertiary/aromatic N) is 1. The standard InChI is InChI=1S/C15H23N3O/c1-2-16-9-8-15(19)17-13-6-5-7-14(12-13)18-10-3-4-11-18/h5-7,12,16H,2-4,8-11H2,1H3,(H,17,19). The second kappa shape index (κ2) is 7.14. The summed E-state index contributed by atoms with van der Waals surface area (Å²) in [6.45, 7) is 5.92. The SMILES string of the molecule is CCNCCC(=O)Nc1cccc(N2CCCC2)c1. The monoisotopic (exact) mass is 261 g/mol. The zero-order valence-corrected chi connectivity index (χ0v) is 11.6. The Morgan fingerprint density at radius 2 is 2.11 bits per heavy atom. The summed E-state index contributed by atoms with van der Waals surface area (Å²) in [5, 5.41) is 6.11. The Hall–Kier alpha value is -1.55. The smallest absolute Gasteiger partial charge is 0.225 e. The number of benzene rings is 1. The number of nitrogens with one attached hydrogen (secondary N) is 2. The molecule has 4 heteroatoms. The van der Waals surface area contributed by atoms with Crippen LogP contribution in [0.2, 0.25) is 0 Å². The molecule has 1 amide bonds. The third kappa shape index (κ3) is 4.24. The first-order chi connectivity index (χ1) is 9.29. The van der Waals surface area contributed by atoms with Crippen molar-refractivity contribution in [2.45, 2.75) is 26.2 Å². The van der Waals surface area contributed by atoms with E-state index >= 15 is 0 Å². The summed E-state index contributed by atoms with van der Waals surface area (Å²) < 4.78 is 0. The van der Waals surface area contributed by atoms with E-state index in [9.17, 15) is 4.79 Å². The molecule has 1 aromatic rings. The Morgan fingerprint density at radius 1 is 1.32 bits per heavy atom. The number of amides is 1. The van der Waals surface area contributed by atoms with Crippen molar-refractivity contribution in [1.29, 1.82) is 0 Å². The average Bonchev–Trinajstić information content (AvgIpc) is 2.93. The molecule has 0 spiro atoms. The van der Waals surface area contributed by atoms with Crippen LogP contribution in [0.1, 0.15) is 26.2 Å². The number of anilines is 2. The normalized spacial score (nSPS) is 14.7. The van der Waals surface area contributed by atoms with Crippen LogP contribution in [0.25, 0.3) is 0 Å². The lowest BCUT2D eigenvalue weighted by atomic mass is 10.2. The van der Waals surface area contributed by atoms with E-state index in [4.69, 9.17) is 0 Å². The maximum atomic E-state index is 11.8. The fraction of sp³-hybridized carbons (Fsp3) is 0.533. The van der Waals surface area contributed by atoms with E-state index in [1.54, 1.807) is 0 Å². The maximum Gasteiger partial charge on any atom is 0.225 e. The highest BCUT2D eigenvalue weighted by Crippen LogP contribution is 2.23. The Bertz CT molecular complexity index is 414. The van der Waals surface area contributed by atoms with Gasteiger partial charge in [-0.15, -0.1) is 0 Å². The van der Waals surface area contributed by atoms with Gasteiger partial charge in [0.2, 0.25) is 5.91 Å². The van der Waals surface area contributed by atoms with Crippen molar-refractivity contribution in [3.05, 3.63) is 24.3 Å². The van der Waals surface area contributed by atoms with Crippen LogP contribution in [-0.2, 0) is 4.79 Å². The van der Waals surface area contributed by atoms with Crippen LogP contribution in [-0.4, -0.2) is 32.1 Å². The summed E-state index contributed by atoms with van der Waals surface area (Å²) in [6.07, 6.45) is 3.04. The molecule has 0 aliphatic carbocycles. The highest BCUT2D eigenvalue weighted by atomic mass is 16.1. The molecule has 2 rings (SSSR count). The first-order valence-corrected chi connectivity index (χ1v) is 7.15. The van der Waals surface area contributed by atoms with Crippen molar-refractivity contribution >= 4 is 17.3 Å². The molecule has 0 unspecified atom stereocenters. The fourth-order valence-corrected chi connectivity index (χ4v) is 2.36. The van der Waals surface area contributed by atoms with Gasteiger partial charge in [-0.1, -0.05) is 13.0 Å². The molecule has 1 saturated heterocycles. The van der Waals surface area contributed by atoms with Crippen molar-refractivity contribution in [3.8, 4) is 0 Å². The van der Waals surface area contributed by atoms with Crippen LogP contribution in [0.3, 0.4) is 0 Å². The van der Waals surface area contributed by atoms with Gasteiger partial charge in [-0.25, -0.2) is 0 Å². The summed E-state index contributed by atoms with van der Waals surface area (Å²) in [5.74, 6) is 0.0690. The number of rotatable bonds is 6. The molecule has 104 valence electrons. The predicted molar refractivity (Wildman–Crippen MR) is 79.7 cm³/mol. The molecule has 0 atom stereocenters. The topological polar surface area (TPSA) is 44.4 Å². The molecule has 0 bridgehead atoms. The van der Waals surface area contributed by atoms with Gasteiger partial charge in [-0.2, -0.15) is 0 Å². The zero-order chi connectivity index (χ0) is 13.5. The third-order valence-electron chi connectivity index (χ3n) is 3.38. The van der Waals surface area contributed by atoms with Gasteiger partial charge in [0, 0.05) is 37.4 Å². The highest BCUT2D eigenvalue weighted by molar-refractivity contribution is 5.91. The van der Waals surface area contributed by atoms with E-state index in [1.807, 2.05) is 19.1 Å². The Balaban J connectivity index is 1.89. The van der Waals surface area contributed by atoms with Gasteiger partial charge in [0.1, 0.15) is 0 Å². The zero-order valence-electron chi connectivity index (χ0n) is 11.6. The van der Waals surface area contributed by atoms with E-state index in [-0.39, 0.29) is 5.91 Å². The van der Waals surface area contributed by atoms with E-state index < -0.39 is 0 Å². The molecule has 1 aliphatic rings. The number of hydrogen-bond donors (Lipinski definition) is 2. The minimum absolute atomic E-state index is 0.0690. The molecule has 0 aromatic heterocycles. The maximum absolute atomic E-state index is 11.8. The van der Waals surface area contributed by atoms with Gasteiger partial charge < -0.3 is 15.5 Å². The molecule has 1 fully saturated rings. The van der Waals surface area contributed by atoms with Crippen LogP contribution in [0.4, 0.5) is 11.4 Å². The molecule has 1 heterocycles. The minimum Gasteiger partial charge on any atom is -0.371 e. The molecule has 19 heavy (non-hydrogen) atoms. The Kier molecular flexibility index (Phi) is 5.21. The first-order valence-electron chi connectivity index (χ1n) is 7.15. The lowest BCUT2D eigenvalue weighted by Crippen LogP contribution is -2.21. The summed E-state index contributed by atoms with van der Waals surface area (Å²) in [6, 6.07) is 8.13. The first kappa shape index (κ1) is 13.9. The average molecular weight is 261 g/mol. The largest absolute Gasteiger partial charge is 0.371 e. The van der Waals surface area contributed by atoms with Crippen LogP contribution in [0.15, 0.2) is 24.3 Å². The second-order valence-electron chi connectivity index (χ2n) is 4.90. The van der Waals surface area contributed by atoms with Crippen LogP contribution in [0, 0.1) is 0 Å². The molecule has 1 aromatic carbocycles. The van der Waals surface area contributed by atoms with Crippen molar-refractivity contribution in [3.63, 3.8) is 0 Å². The molecule has 0 radical (unpaired) electrons. The molecule has 4 nitrogen and oxygen atoms in total. The van der Waals surface area contributed by atoms with Gasteiger partial charge in [-0.05, 0) is 37.6 Å². The van der Waals surface area contributed by atoms with Crippen LogP contribution in [0.5, 0.6) is 0 Å². The van der Waals surface area contributed by atoms with E-state index in [1.165, 1.54) is 18.5 Å². The number of carbonyl (C=O) groups excluding carboxylic acids is 1. The molecule has 2 N–H and O–H groups in total. The number of hydrogen-bond acceptors (Lipinski definition) is 3. The summed E-state index contributed by atoms with van der Waals surface area (Å²) in [4.78, 5) is 14.1. The van der Waals surface area contributed by atoms with Crippen molar-refractivity contribution in [2.24, 2.45) is 0 Å². The van der Waals surface area contributed by atoms with E-state index in [2.05, 4.69) is 27.7 Å². The van der Waals surface area contributed by atoms with Crippen LogP contribution < -0.4 is 15.5 Å². The summed E-state index contributed by atoms with van der Waals surface area (Å²) in [7, 11) is 0. The van der Waals surface area contributed by atoms with Gasteiger partial charge in [-0.3, -0.25) is 4.79 Å². The van der Waals surface area contributed by atoms with Crippen molar-refractivity contribution < 1.29 is 4.79 Å². The minimum atomic E-state index is 0.0690. The van der Waals surface area contributed by atoms with Crippen molar-refractivity contribution in [1.82, 2.24) is 5.32 Å². The lowest BCUT2D eigenvalue weighted by molar-refractivity contribution is -0.116. The van der Waals surface area contributed by atoms with Crippen molar-refractivity contribution in [2.75, 3.05) is 36.4 Å². The van der Waals surface area contributed by atoms with Gasteiger partial charge in [0.05, 0.1) is 0 Å². The Morgan fingerprint density at radius 3 is 2.84 bits per heavy atom. The second-order valence-corrected chi connectivity index (χ2v) is 4.90.